The minimum absolute atomic E-state index is 0. The van der Waals surface area contributed by atoms with Crippen LogP contribution in [-0.4, -0.2) is 51.2 Å². The Labute approximate surface area is 133 Å². The summed E-state index contributed by atoms with van der Waals surface area (Å²) in [7, 11) is -3.16. The van der Waals surface area contributed by atoms with Gasteiger partial charge in [-0.2, -0.15) is 0 Å². The number of hydrogen-bond donors (Lipinski definition) is 2. The van der Waals surface area contributed by atoms with Crippen molar-refractivity contribution in [2.75, 3.05) is 25.9 Å². The molecule has 3 atom stereocenters. The molecule has 0 radical (unpaired) electrons. The molecule has 0 bridgehead atoms. The van der Waals surface area contributed by atoms with E-state index in [2.05, 4.69) is 4.72 Å². The fourth-order valence-corrected chi connectivity index (χ4v) is 3.77. The Kier molecular flexibility index (Phi) is 6.90. The Balaban J connectivity index is 0.00000220. The molecule has 1 amide bonds. The zero-order chi connectivity index (χ0) is 14.8. The molecule has 1 saturated carbocycles. The van der Waals surface area contributed by atoms with Gasteiger partial charge in [-0.15, -0.1) is 12.4 Å². The Morgan fingerprint density at radius 2 is 2.00 bits per heavy atom. The topological polar surface area (TPSA) is 92.5 Å². The fraction of sp³-hybridized carbons (Fsp3) is 0.923. The number of nitrogens with one attached hydrogen (secondary N) is 1. The number of hydrogen-bond acceptors (Lipinski definition) is 4. The second kappa shape index (κ2) is 7.76. The van der Waals surface area contributed by atoms with Gasteiger partial charge in [-0.05, 0) is 31.6 Å². The third-order valence-electron chi connectivity index (χ3n) is 4.35. The van der Waals surface area contributed by atoms with Crippen LogP contribution < -0.4 is 10.5 Å². The van der Waals surface area contributed by atoms with Gasteiger partial charge >= 0.3 is 0 Å². The third kappa shape index (κ3) is 5.39. The molecule has 1 aliphatic carbocycles. The summed E-state index contributed by atoms with van der Waals surface area (Å²) in [6, 6.07) is -0.00276. The van der Waals surface area contributed by atoms with Crippen LogP contribution in [0.15, 0.2) is 0 Å². The van der Waals surface area contributed by atoms with Gasteiger partial charge in [0.1, 0.15) is 0 Å². The molecule has 1 aliphatic heterocycles. The highest BCUT2D eigenvalue weighted by Gasteiger charge is 2.35. The minimum atomic E-state index is -3.16. The number of amides is 1. The van der Waals surface area contributed by atoms with Crippen molar-refractivity contribution < 1.29 is 13.2 Å². The average molecular weight is 340 g/mol. The van der Waals surface area contributed by atoms with Crippen molar-refractivity contribution in [3.63, 3.8) is 0 Å². The van der Waals surface area contributed by atoms with E-state index in [1.807, 2.05) is 4.90 Å². The summed E-state index contributed by atoms with van der Waals surface area (Å²) >= 11 is 0. The lowest BCUT2D eigenvalue weighted by Gasteiger charge is -2.35. The second-order valence-corrected chi connectivity index (χ2v) is 7.95. The van der Waals surface area contributed by atoms with Gasteiger partial charge in [0.2, 0.25) is 15.9 Å². The van der Waals surface area contributed by atoms with Gasteiger partial charge in [-0.3, -0.25) is 4.79 Å². The van der Waals surface area contributed by atoms with E-state index in [1.54, 1.807) is 0 Å². The molecule has 0 aromatic heterocycles. The van der Waals surface area contributed by atoms with Crippen LogP contribution in [-0.2, 0) is 14.8 Å². The Morgan fingerprint density at radius 1 is 1.29 bits per heavy atom. The number of carbonyl (C=O) groups is 1. The molecule has 0 spiro atoms. The molecule has 8 heteroatoms. The smallest absolute Gasteiger partial charge is 0.227 e. The minimum Gasteiger partial charge on any atom is -0.342 e. The number of piperidine rings is 1. The summed E-state index contributed by atoms with van der Waals surface area (Å²) in [6.07, 6.45) is 5.92. The molecule has 3 unspecified atom stereocenters. The van der Waals surface area contributed by atoms with Crippen molar-refractivity contribution in [2.24, 2.45) is 17.6 Å². The van der Waals surface area contributed by atoms with E-state index in [1.165, 1.54) is 0 Å². The Bertz CT molecular complexity index is 458. The molecule has 124 valence electrons. The summed E-state index contributed by atoms with van der Waals surface area (Å²) in [5.41, 5.74) is 6.00. The lowest BCUT2D eigenvalue weighted by Crippen LogP contribution is -2.48. The molecule has 1 saturated heterocycles. The molecule has 2 fully saturated rings. The van der Waals surface area contributed by atoms with Gasteiger partial charge in [0.25, 0.3) is 0 Å². The van der Waals surface area contributed by atoms with Crippen molar-refractivity contribution in [1.29, 1.82) is 0 Å². The van der Waals surface area contributed by atoms with Crippen molar-refractivity contribution in [3.8, 4) is 0 Å². The van der Waals surface area contributed by atoms with E-state index >= 15 is 0 Å². The number of nitrogens with two attached hydrogens (primary N) is 1. The maximum atomic E-state index is 12.5. The van der Waals surface area contributed by atoms with Crippen LogP contribution in [0.4, 0.5) is 0 Å². The van der Waals surface area contributed by atoms with E-state index in [4.69, 9.17) is 5.73 Å². The van der Waals surface area contributed by atoms with E-state index in [-0.39, 0.29) is 36.2 Å². The van der Waals surface area contributed by atoms with Crippen molar-refractivity contribution in [2.45, 2.75) is 38.1 Å². The molecule has 1 heterocycles. The molecule has 6 nitrogen and oxygen atoms in total. The monoisotopic (exact) mass is 339 g/mol. The summed E-state index contributed by atoms with van der Waals surface area (Å²) in [5, 5.41) is 0. The Hall–Kier alpha value is -0.370. The van der Waals surface area contributed by atoms with Gasteiger partial charge in [-0.25, -0.2) is 13.1 Å². The van der Waals surface area contributed by atoms with Crippen LogP contribution >= 0.6 is 12.4 Å². The molecule has 0 aromatic carbocycles. The largest absolute Gasteiger partial charge is 0.342 e. The summed E-state index contributed by atoms with van der Waals surface area (Å²) < 4.78 is 24.8. The van der Waals surface area contributed by atoms with Gasteiger partial charge in [0.15, 0.2) is 0 Å². The third-order valence-corrected chi connectivity index (χ3v) is 5.04. The van der Waals surface area contributed by atoms with Crippen LogP contribution in [0, 0.1) is 11.8 Å². The van der Waals surface area contributed by atoms with E-state index in [9.17, 15) is 13.2 Å². The lowest BCUT2D eigenvalue weighted by atomic mass is 9.95. The van der Waals surface area contributed by atoms with Crippen LogP contribution in [0.3, 0.4) is 0 Å². The zero-order valence-electron chi connectivity index (χ0n) is 12.5. The maximum absolute atomic E-state index is 12.5. The second-order valence-electron chi connectivity index (χ2n) is 6.11. The normalized spacial score (nSPS) is 30.0. The molecular weight excluding hydrogens is 314 g/mol. The number of rotatable bonds is 4. The molecular formula is C13H26ClN3O3S. The molecule has 2 aliphatic rings. The van der Waals surface area contributed by atoms with E-state index in [0.29, 0.717) is 13.1 Å². The van der Waals surface area contributed by atoms with Gasteiger partial charge in [-0.1, -0.05) is 6.42 Å². The van der Waals surface area contributed by atoms with Crippen LogP contribution in [0.1, 0.15) is 32.1 Å². The molecule has 0 aromatic rings. The first-order valence-corrected chi connectivity index (χ1v) is 9.25. The highest BCUT2D eigenvalue weighted by molar-refractivity contribution is 7.88. The van der Waals surface area contributed by atoms with Crippen molar-refractivity contribution in [3.05, 3.63) is 0 Å². The number of sulfonamides is 1. The van der Waals surface area contributed by atoms with Crippen LogP contribution in [0.2, 0.25) is 0 Å². The fourth-order valence-electron chi connectivity index (χ4n) is 3.23. The van der Waals surface area contributed by atoms with Crippen LogP contribution in [0.5, 0.6) is 0 Å². The van der Waals surface area contributed by atoms with Gasteiger partial charge in [0.05, 0.1) is 12.2 Å². The summed E-state index contributed by atoms with van der Waals surface area (Å²) in [6.45, 7) is 1.83. The highest BCUT2D eigenvalue weighted by Crippen LogP contribution is 2.27. The van der Waals surface area contributed by atoms with Crippen molar-refractivity contribution in [1.82, 2.24) is 9.62 Å². The average Bonchev–Trinajstić information content (AvgIpc) is 2.81. The number of nitrogens with zero attached hydrogens (tertiary/aromatic N) is 1. The van der Waals surface area contributed by atoms with E-state index < -0.39 is 10.0 Å². The maximum Gasteiger partial charge on any atom is 0.227 e. The standard InChI is InChI=1S/C13H25N3O3S.ClH/c1-20(18,19)15-8-10-4-3-7-16(9-10)13(17)11-5-2-6-12(11)14;/h10-12,15H,2-9,14H2,1H3;1H. The van der Waals surface area contributed by atoms with Crippen molar-refractivity contribution >= 4 is 28.3 Å². The molecule has 3 N–H and O–H groups in total. The zero-order valence-corrected chi connectivity index (χ0v) is 14.1. The number of likely N-dealkylation sites (tertiary alicyclic amines) is 1. The van der Waals surface area contributed by atoms with E-state index in [0.717, 1.165) is 44.9 Å². The summed E-state index contributed by atoms with van der Waals surface area (Å²) in [5.74, 6) is 0.343. The lowest BCUT2D eigenvalue weighted by molar-refractivity contribution is -0.137. The molecule has 2 rings (SSSR count). The first kappa shape index (κ1) is 18.7. The van der Waals surface area contributed by atoms with Gasteiger partial charge < -0.3 is 10.6 Å². The number of halogens is 1. The molecule has 21 heavy (non-hydrogen) atoms. The summed E-state index contributed by atoms with van der Waals surface area (Å²) in [4.78, 5) is 14.3. The SMILES string of the molecule is CS(=O)(=O)NCC1CCCN(C(=O)C2CCCC2N)C1.Cl. The predicted molar refractivity (Wildman–Crippen MR) is 84.7 cm³/mol. The Morgan fingerprint density at radius 3 is 2.57 bits per heavy atom. The van der Waals surface area contributed by atoms with Gasteiger partial charge in [0, 0.05) is 25.7 Å². The predicted octanol–water partition coefficient (Wildman–Crippen LogP) is 0.323. The van der Waals surface area contributed by atoms with Crippen LogP contribution in [0.25, 0.3) is 0 Å². The number of carbonyl (C=O) groups excluding carboxylic acids is 1. The first-order chi connectivity index (χ1) is 9.37. The quantitative estimate of drug-likeness (QED) is 0.771. The highest BCUT2D eigenvalue weighted by atomic mass is 35.5. The first-order valence-electron chi connectivity index (χ1n) is 7.36.